The summed E-state index contributed by atoms with van der Waals surface area (Å²) in [7, 11) is 0. The molecule has 2 nitrogen and oxygen atoms in total. The molecule has 0 aromatic carbocycles. The van der Waals surface area contributed by atoms with Crippen LogP contribution in [0.1, 0.15) is 20.8 Å². The van der Waals surface area contributed by atoms with Crippen LogP contribution in [0.5, 0.6) is 0 Å². The standard InChI is InChI=1S/2C2H6O.C2H5.2CH3.Al/c2*1-2-3;1-2;;;/h2*3H,2H2,1H3;1H2,2H3;2*1H3;. The Balaban J connectivity index is -0.0000000933. The van der Waals surface area contributed by atoms with Crippen LogP contribution in [0, 0.1) is 0 Å². The third-order valence-electron chi connectivity index (χ3n) is 0.816. The third-order valence-corrected chi connectivity index (χ3v) is 2.45. The normalized spacial score (nSPS) is 6.82. The first kappa shape index (κ1) is 17.5. The molecule has 0 amide bonds. The molecule has 0 saturated carbocycles. The summed E-state index contributed by atoms with van der Waals surface area (Å²) >= 11 is -0.150. The summed E-state index contributed by atoms with van der Waals surface area (Å²) in [5.74, 6) is 4.72. The van der Waals surface area contributed by atoms with Gasteiger partial charge in [-0.1, -0.05) is 12.2 Å². The van der Waals surface area contributed by atoms with Crippen LogP contribution < -0.4 is 0 Å². The number of aliphatic hydroxyl groups excluding tert-OH is 2. The quantitative estimate of drug-likeness (QED) is 0.601. The largest absolute Gasteiger partial charge is 0.397 e. The highest BCUT2D eigenvalue weighted by atomic mass is 27.2. The Morgan fingerprint density at radius 3 is 1.00 bits per heavy atom. The molecule has 0 aromatic heterocycles. The summed E-state index contributed by atoms with van der Waals surface area (Å²) in [5, 5.41) is 16.6. The van der Waals surface area contributed by atoms with Crippen LogP contribution >= 0.6 is 0 Å². The van der Waals surface area contributed by atoms with Gasteiger partial charge in [-0.15, -0.1) is 11.6 Å². The minimum absolute atomic E-state index is 0.150. The van der Waals surface area contributed by atoms with E-state index in [4.69, 9.17) is 10.2 Å². The van der Waals surface area contributed by atoms with Crippen molar-refractivity contribution >= 4 is 14.1 Å². The predicted molar refractivity (Wildman–Crippen MR) is 53.5 cm³/mol. The number of aliphatic hydroxyl groups is 2. The molecule has 2 N–H and O–H groups in total. The highest BCUT2D eigenvalue weighted by Crippen LogP contribution is 1.83. The second-order valence-corrected chi connectivity index (χ2v) is 6.04. The zero-order valence-electron chi connectivity index (χ0n) is 8.59. The molecule has 70 valence electrons. The SMILES string of the molecule is CCO.CCO.C[CH2][Al]([CH3])[CH3]. The van der Waals surface area contributed by atoms with Gasteiger partial charge in [-0.25, -0.2) is 0 Å². The van der Waals surface area contributed by atoms with Crippen molar-refractivity contribution < 1.29 is 10.2 Å². The summed E-state index contributed by atoms with van der Waals surface area (Å²) in [6.07, 6.45) is 0. The van der Waals surface area contributed by atoms with Gasteiger partial charge < -0.3 is 10.2 Å². The molecule has 3 heteroatoms. The van der Waals surface area contributed by atoms with Crippen molar-refractivity contribution in [3.05, 3.63) is 0 Å². The Hall–Kier alpha value is 0.452. The van der Waals surface area contributed by atoms with Gasteiger partial charge in [0.1, 0.15) is 0 Å². The zero-order chi connectivity index (χ0) is 9.70. The molecule has 0 radical (unpaired) electrons. The molecule has 0 aliphatic heterocycles. The summed E-state index contributed by atoms with van der Waals surface area (Å²) in [5.41, 5.74) is 0. The molecule has 0 rings (SSSR count). The van der Waals surface area contributed by atoms with E-state index in [0.717, 1.165) is 0 Å². The first-order valence-electron chi connectivity index (χ1n) is 4.32. The molecule has 0 bridgehead atoms. The fourth-order valence-corrected chi connectivity index (χ4v) is 0. The van der Waals surface area contributed by atoms with Gasteiger partial charge in [0, 0.05) is 13.2 Å². The maximum Gasteiger partial charge on any atom is 0.254 e. The zero-order valence-corrected chi connectivity index (χ0v) is 9.75. The van der Waals surface area contributed by atoms with Crippen LogP contribution in [-0.4, -0.2) is 37.6 Å². The van der Waals surface area contributed by atoms with E-state index in [-0.39, 0.29) is 27.4 Å². The third kappa shape index (κ3) is 124. The molecule has 11 heavy (non-hydrogen) atoms. The van der Waals surface area contributed by atoms with Crippen LogP contribution in [0.15, 0.2) is 0 Å². The van der Waals surface area contributed by atoms with Gasteiger partial charge in [-0.3, -0.25) is 0 Å². The van der Waals surface area contributed by atoms with Crippen LogP contribution in [0.2, 0.25) is 16.9 Å². The lowest BCUT2D eigenvalue weighted by Crippen LogP contribution is -1.92. The van der Waals surface area contributed by atoms with Gasteiger partial charge in [-0.2, -0.15) is 0 Å². The monoisotopic (exact) mass is 178 g/mol. The van der Waals surface area contributed by atoms with E-state index < -0.39 is 0 Å². The van der Waals surface area contributed by atoms with E-state index in [1.165, 1.54) is 5.28 Å². The van der Waals surface area contributed by atoms with Gasteiger partial charge in [0.2, 0.25) is 0 Å². The van der Waals surface area contributed by atoms with Crippen molar-refractivity contribution in [2.24, 2.45) is 0 Å². The average Bonchev–Trinajstić information content (AvgIpc) is 1.91. The molecular formula is C8H23AlO2. The predicted octanol–water partition coefficient (Wildman–Crippen LogP) is 1.76. The number of rotatable bonds is 1. The molecule has 0 saturated heterocycles. The first-order valence-corrected chi connectivity index (χ1v) is 7.44. The van der Waals surface area contributed by atoms with E-state index in [1.54, 1.807) is 13.8 Å². The van der Waals surface area contributed by atoms with E-state index >= 15 is 0 Å². The number of hydrogen-bond donors (Lipinski definition) is 2. The summed E-state index contributed by atoms with van der Waals surface area (Å²) in [4.78, 5) is 0. The lowest BCUT2D eigenvalue weighted by atomic mass is 10.9. The van der Waals surface area contributed by atoms with Crippen molar-refractivity contribution in [3.63, 3.8) is 0 Å². The lowest BCUT2D eigenvalue weighted by molar-refractivity contribution is 0.318. The fraction of sp³-hybridized carbons (Fsp3) is 1.00. The second-order valence-electron chi connectivity index (χ2n) is 2.43. The van der Waals surface area contributed by atoms with Gasteiger partial charge in [0.15, 0.2) is 0 Å². The van der Waals surface area contributed by atoms with Crippen LogP contribution in [0.3, 0.4) is 0 Å². The van der Waals surface area contributed by atoms with Crippen molar-refractivity contribution in [1.29, 1.82) is 0 Å². The molecule has 0 atom stereocenters. The van der Waals surface area contributed by atoms with Crippen LogP contribution in [-0.2, 0) is 0 Å². The van der Waals surface area contributed by atoms with E-state index in [0.29, 0.717) is 0 Å². The van der Waals surface area contributed by atoms with Gasteiger partial charge in [-0.05, 0) is 13.8 Å². The molecule has 0 spiro atoms. The fourth-order valence-electron chi connectivity index (χ4n) is 0. The molecule has 0 aromatic rings. The van der Waals surface area contributed by atoms with Gasteiger partial charge in [0.05, 0.1) is 0 Å². The smallest absolute Gasteiger partial charge is 0.254 e. The molecule has 0 aliphatic carbocycles. The Bertz CT molecular complexity index is 39.1. The minimum atomic E-state index is -0.150. The summed E-state index contributed by atoms with van der Waals surface area (Å²) in [6.45, 7) is 6.12. The number of hydrogen-bond acceptors (Lipinski definition) is 2. The average molecular weight is 178 g/mol. The second kappa shape index (κ2) is 22.4. The topological polar surface area (TPSA) is 40.5 Å². The molecule has 0 aliphatic rings. The Morgan fingerprint density at radius 2 is 1.00 bits per heavy atom. The summed E-state index contributed by atoms with van der Waals surface area (Å²) < 4.78 is 0. The molecule has 0 heterocycles. The van der Waals surface area contributed by atoms with Crippen molar-refractivity contribution in [2.75, 3.05) is 13.2 Å². The molecule has 0 fully saturated rings. The molecular weight excluding hydrogens is 155 g/mol. The summed E-state index contributed by atoms with van der Waals surface area (Å²) in [6, 6.07) is 0. The van der Waals surface area contributed by atoms with E-state index in [1.807, 2.05) is 0 Å². The van der Waals surface area contributed by atoms with Crippen molar-refractivity contribution in [3.8, 4) is 0 Å². The van der Waals surface area contributed by atoms with Crippen molar-refractivity contribution in [1.82, 2.24) is 0 Å². The highest BCUT2D eigenvalue weighted by molar-refractivity contribution is 6.55. The first-order chi connectivity index (χ1) is 5.10. The maximum atomic E-state index is 7.57. The maximum absolute atomic E-state index is 7.57. The van der Waals surface area contributed by atoms with Crippen molar-refractivity contribution in [2.45, 2.75) is 37.6 Å². The highest BCUT2D eigenvalue weighted by Gasteiger charge is 1.91. The van der Waals surface area contributed by atoms with Gasteiger partial charge >= 0.3 is 0 Å². The Labute approximate surface area is 75.6 Å². The van der Waals surface area contributed by atoms with Gasteiger partial charge in [0.25, 0.3) is 14.1 Å². The van der Waals surface area contributed by atoms with Crippen LogP contribution in [0.25, 0.3) is 0 Å². The lowest BCUT2D eigenvalue weighted by Gasteiger charge is -1.81. The van der Waals surface area contributed by atoms with E-state index in [9.17, 15) is 0 Å². The Morgan fingerprint density at radius 1 is 0.909 bits per heavy atom. The minimum Gasteiger partial charge on any atom is -0.397 e. The van der Waals surface area contributed by atoms with Crippen LogP contribution in [0.4, 0.5) is 0 Å². The Kier molecular flexibility index (Phi) is 35.7. The molecule has 0 unspecified atom stereocenters. The van der Waals surface area contributed by atoms with E-state index in [2.05, 4.69) is 18.5 Å².